The van der Waals surface area contributed by atoms with E-state index in [1.54, 1.807) is 0 Å². The van der Waals surface area contributed by atoms with Crippen LogP contribution in [0.25, 0.3) is 0 Å². The van der Waals surface area contributed by atoms with Crippen molar-refractivity contribution in [3.8, 4) is 0 Å². The van der Waals surface area contributed by atoms with Gasteiger partial charge in [-0.2, -0.15) is 13.2 Å². The zero-order valence-electron chi connectivity index (χ0n) is 6.93. The largest absolute Gasteiger partial charge is 0.454 e. The number of ketones is 1. The predicted molar refractivity (Wildman–Crippen MR) is 44.6 cm³/mol. The van der Waals surface area contributed by atoms with Gasteiger partial charge in [0.1, 0.15) is 0 Å². The first-order chi connectivity index (χ1) is 6.45. The van der Waals surface area contributed by atoms with Crippen molar-refractivity contribution in [3.05, 3.63) is 29.8 Å². The standard InChI is InChI=1S/C8H7F3N2O/c9-8(10,11)7(14)5-1-3-6(13-12)4-2-5/h1-4,13H,12H2. The lowest BCUT2D eigenvalue weighted by atomic mass is 10.1. The first-order valence-corrected chi connectivity index (χ1v) is 3.63. The van der Waals surface area contributed by atoms with Gasteiger partial charge < -0.3 is 5.43 Å². The Balaban J connectivity index is 2.93. The second kappa shape index (κ2) is 3.67. The highest BCUT2D eigenvalue weighted by Crippen LogP contribution is 2.22. The highest BCUT2D eigenvalue weighted by Gasteiger charge is 2.39. The Morgan fingerprint density at radius 3 is 2.07 bits per heavy atom. The van der Waals surface area contributed by atoms with Crippen molar-refractivity contribution in [2.24, 2.45) is 5.84 Å². The maximum atomic E-state index is 11.9. The molecule has 3 N–H and O–H groups in total. The van der Waals surface area contributed by atoms with Gasteiger partial charge in [0, 0.05) is 11.3 Å². The van der Waals surface area contributed by atoms with Crippen molar-refractivity contribution in [2.75, 3.05) is 5.43 Å². The van der Waals surface area contributed by atoms with Crippen LogP contribution in [0.1, 0.15) is 10.4 Å². The van der Waals surface area contributed by atoms with E-state index < -0.39 is 17.5 Å². The van der Waals surface area contributed by atoms with Gasteiger partial charge in [0.05, 0.1) is 0 Å². The van der Waals surface area contributed by atoms with E-state index in [0.29, 0.717) is 5.69 Å². The normalized spacial score (nSPS) is 11.1. The predicted octanol–water partition coefficient (Wildman–Crippen LogP) is 1.72. The molecule has 0 atom stereocenters. The molecular weight excluding hydrogens is 197 g/mol. The minimum atomic E-state index is -4.84. The average Bonchev–Trinajstić information content (AvgIpc) is 2.15. The summed E-state index contributed by atoms with van der Waals surface area (Å²) in [5.41, 5.74) is 2.27. The first-order valence-electron chi connectivity index (χ1n) is 3.63. The summed E-state index contributed by atoms with van der Waals surface area (Å²) in [4.78, 5) is 10.7. The number of halogens is 3. The number of hydrogen-bond donors (Lipinski definition) is 2. The third-order valence-corrected chi connectivity index (χ3v) is 1.57. The number of carbonyl (C=O) groups excluding carboxylic acids is 1. The van der Waals surface area contributed by atoms with Crippen LogP contribution in [0.2, 0.25) is 0 Å². The van der Waals surface area contributed by atoms with Crippen LogP contribution in [0.15, 0.2) is 24.3 Å². The summed E-state index contributed by atoms with van der Waals surface area (Å²) in [6, 6.07) is 4.70. The quantitative estimate of drug-likeness (QED) is 0.438. The Morgan fingerprint density at radius 1 is 1.21 bits per heavy atom. The fourth-order valence-corrected chi connectivity index (χ4v) is 0.881. The number of carbonyl (C=O) groups is 1. The molecule has 0 heterocycles. The van der Waals surface area contributed by atoms with Gasteiger partial charge in [-0.25, -0.2) is 0 Å². The van der Waals surface area contributed by atoms with Crippen molar-refractivity contribution < 1.29 is 18.0 Å². The van der Waals surface area contributed by atoms with Gasteiger partial charge in [0.15, 0.2) is 0 Å². The third-order valence-electron chi connectivity index (χ3n) is 1.57. The Morgan fingerprint density at radius 2 is 1.71 bits per heavy atom. The number of hydrogen-bond acceptors (Lipinski definition) is 3. The number of nitrogens with two attached hydrogens (primary N) is 1. The maximum absolute atomic E-state index is 11.9. The summed E-state index contributed by atoms with van der Waals surface area (Å²) in [7, 11) is 0. The minimum absolute atomic E-state index is 0.406. The number of nitrogens with one attached hydrogen (secondary N) is 1. The SMILES string of the molecule is NNc1ccc(C(=O)C(F)(F)F)cc1. The van der Waals surface area contributed by atoms with Gasteiger partial charge in [-0.3, -0.25) is 10.6 Å². The van der Waals surface area contributed by atoms with E-state index in [2.05, 4.69) is 5.43 Å². The summed E-state index contributed by atoms with van der Waals surface area (Å²) in [5.74, 6) is 3.14. The highest BCUT2D eigenvalue weighted by atomic mass is 19.4. The molecule has 1 aromatic rings. The van der Waals surface area contributed by atoms with Gasteiger partial charge in [-0.05, 0) is 24.3 Å². The average molecular weight is 204 g/mol. The van der Waals surface area contributed by atoms with E-state index in [1.807, 2.05) is 0 Å². The molecule has 0 aliphatic heterocycles. The fraction of sp³-hybridized carbons (Fsp3) is 0.125. The molecule has 0 bridgehead atoms. The molecule has 3 nitrogen and oxygen atoms in total. The molecule has 0 fully saturated rings. The molecule has 14 heavy (non-hydrogen) atoms. The summed E-state index contributed by atoms with van der Waals surface area (Å²) in [6.07, 6.45) is -4.84. The lowest BCUT2D eigenvalue weighted by molar-refractivity contribution is -0.0885. The maximum Gasteiger partial charge on any atom is 0.454 e. The van der Waals surface area contributed by atoms with Gasteiger partial charge >= 0.3 is 6.18 Å². The van der Waals surface area contributed by atoms with E-state index >= 15 is 0 Å². The van der Waals surface area contributed by atoms with Crippen LogP contribution < -0.4 is 11.3 Å². The Kier molecular flexibility index (Phi) is 2.76. The molecule has 0 aliphatic carbocycles. The third kappa shape index (κ3) is 2.23. The number of benzene rings is 1. The summed E-state index contributed by atoms with van der Waals surface area (Å²) >= 11 is 0. The number of Topliss-reactive ketones (excluding diaryl/α,β-unsaturated/α-hetero) is 1. The first kappa shape index (κ1) is 10.5. The number of alkyl halides is 3. The molecule has 1 rings (SSSR count). The van der Waals surface area contributed by atoms with Crippen molar-refractivity contribution >= 4 is 11.5 Å². The Bertz CT molecular complexity index is 331. The van der Waals surface area contributed by atoms with Crippen LogP contribution >= 0.6 is 0 Å². The zero-order valence-corrected chi connectivity index (χ0v) is 6.93. The highest BCUT2D eigenvalue weighted by molar-refractivity contribution is 6.00. The topological polar surface area (TPSA) is 55.1 Å². The molecule has 76 valence electrons. The van der Waals surface area contributed by atoms with Crippen molar-refractivity contribution in [1.29, 1.82) is 0 Å². The summed E-state index contributed by atoms with van der Waals surface area (Å²) in [5, 5.41) is 0. The fourth-order valence-electron chi connectivity index (χ4n) is 0.881. The molecule has 0 saturated heterocycles. The molecule has 0 unspecified atom stereocenters. The monoisotopic (exact) mass is 204 g/mol. The summed E-state index contributed by atoms with van der Waals surface area (Å²) < 4.78 is 35.8. The second-order valence-corrected chi connectivity index (χ2v) is 2.55. The van der Waals surface area contributed by atoms with E-state index in [9.17, 15) is 18.0 Å². The van der Waals surface area contributed by atoms with Crippen molar-refractivity contribution in [1.82, 2.24) is 0 Å². The number of hydrazine groups is 1. The van der Waals surface area contributed by atoms with Gasteiger partial charge in [-0.1, -0.05) is 0 Å². The van der Waals surface area contributed by atoms with Crippen LogP contribution in [0.4, 0.5) is 18.9 Å². The van der Waals surface area contributed by atoms with Crippen molar-refractivity contribution in [2.45, 2.75) is 6.18 Å². The van der Waals surface area contributed by atoms with E-state index in [0.717, 1.165) is 12.1 Å². The molecule has 0 spiro atoms. The second-order valence-electron chi connectivity index (χ2n) is 2.55. The van der Waals surface area contributed by atoms with Crippen molar-refractivity contribution in [3.63, 3.8) is 0 Å². The van der Waals surface area contributed by atoms with Crippen LogP contribution in [-0.4, -0.2) is 12.0 Å². The molecule has 0 aliphatic rings. The Hall–Kier alpha value is -1.56. The van der Waals surface area contributed by atoms with E-state index in [4.69, 9.17) is 5.84 Å². The van der Waals surface area contributed by atoms with Gasteiger partial charge in [0.25, 0.3) is 5.78 Å². The van der Waals surface area contributed by atoms with Gasteiger partial charge in [0.2, 0.25) is 0 Å². The van der Waals surface area contributed by atoms with Crippen LogP contribution in [0.5, 0.6) is 0 Å². The van der Waals surface area contributed by atoms with Crippen LogP contribution in [-0.2, 0) is 0 Å². The van der Waals surface area contributed by atoms with Gasteiger partial charge in [-0.15, -0.1) is 0 Å². The molecule has 0 radical (unpaired) electrons. The number of anilines is 1. The minimum Gasteiger partial charge on any atom is -0.324 e. The van der Waals surface area contributed by atoms with Crippen LogP contribution in [0, 0.1) is 0 Å². The Labute approximate surface area is 77.7 Å². The number of rotatable bonds is 2. The lowest BCUT2D eigenvalue weighted by Gasteiger charge is -2.05. The molecule has 0 aromatic heterocycles. The molecular formula is C8H7F3N2O. The number of nitrogen functional groups attached to an aromatic ring is 1. The lowest BCUT2D eigenvalue weighted by Crippen LogP contribution is -2.22. The van der Waals surface area contributed by atoms with E-state index in [-0.39, 0.29) is 0 Å². The molecule has 0 saturated carbocycles. The summed E-state index contributed by atoms with van der Waals surface area (Å²) in [6.45, 7) is 0. The van der Waals surface area contributed by atoms with Crippen LogP contribution in [0.3, 0.4) is 0 Å². The molecule has 6 heteroatoms. The smallest absolute Gasteiger partial charge is 0.324 e. The van der Waals surface area contributed by atoms with E-state index in [1.165, 1.54) is 12.1 Å². The zero-order chi connectivity index (χ0) is 10.8. The molecule has 0 amide bonds. The molecule has 1 aromatic carbocycles.